The average Bonchev–Trinajstić information content (AvgIpc) is 2.52. The minimum atomic E-state index is -0.559. The topological polar surface area (TPSA) is 58.6 Å². The van der Waals surface area contributed by atoms with Crippen molar-refractivity contribution in [1.29, 1.82) is 0 Å². The highest BCUT2D eigenvalue weighted by Crippen LogP contribution is 2.13. The molecule has 11 heavy (non-hydrogen) atoms. The first-order chi connectivity index (χ1) is 5.33. The number of carbonyl (C=O) groups is 1. The Balaban J connectivity index is 2.29. The Morgan fingerprint density at radius 2 is 2.64 bits per heavy atom. The highest BCUT2D eigenvalue weighted by Gasteiger charge is 1.99. The number of hydrogen-bond acceptors (Lipinski definition) is 4. The van der Waals surface area contributed by atoms with Crippen molar-refractivity contribution in [2.75, 3.05) is 6.61 Å². The molecule has 0 aromatic carbocycles. The highest BCUT2D eigenvalue weighted by molar-refractivity contribution is 7.08. The third kappa shape index (κ3) is 2.57. The highest BCUT2D eigenvalue weighted by atomic mass is 32.1. The molecule has 2 N–H and O–H groups in total. The second-order valence-electron chi connectivity index (χ2n) is 1.78. The van der Waals surface area contributed by atoms with E-state index in [1.54, 1.807) is 11.4 Å². The molecule has 1 aromatic rings. The first-order valence-corrected chi connectivity index (χ1v) is 3.85. The maximum absolute atomic E-state index is 10.4. The number of hydrogen-bond donors (Lipinski definition) is 2. The number of nitrogens with one attached hydrogen (secondary N) is 1. The molecule has 0 radical (unpaired) electrons. The Kier molecular flexibility index (Phi) is 2.88. The molecule has 1 amide bonds. The molecule has 0 saturated heterocycles. The minimum absolute atomic E-state index is 0.159. The second-order valence-corrected chi connectivity index (χ2v) is 2.56. The zero-order valence-corrected chi connectivity index (χ0v) is 6.43. The monoisotopic (exact) mass is 173 g/mol. The molecule has 0 aliphatic heterocycles. The molecule has 1 aromatic heterocycles. The first-order valence-electron chi connectivity index (χ1n) is 2.91. The van der Waals surface area contributed by atoms with Crippen molar-refractivity contribution >= 4 is 17.2 Å². The summed E-state index contributed by atoms with van der Waals surface area (Å²) in [6.45, 7) is -0.159. The van der Waals surface area contributed by atoms with E-state index in [-0.39, 0.29) is 6.61 Å². The Bertz CT molecular complexity index is 222. The van der Waals surface area contributed by atoms with E-state index < -0.39 is 5.91 Å². The van der Waals surface area contributed by atoms with Crippen LogP contribution in [0.1, 0.15) is 0 Å². The first kappa shape index (κ1) is 8.03. The van der Waals surface area contributed by atoms with Crippen molar-refractivity contribution in [3.05, 3.63) is 16.8 Å². The maximum Gasteiger partial charge on any atom is 0.281 e. The van der Waals surface area contributed by atoms with E-state index in [0.29, 0.717) is 5.75 Å². The Hall–Kier alpha value is -1.07. The fourth-order valence-corrected chi connectivity index (χ4v) is 1.09. The van der Waals surface area contributed by atoms with Crippen LogP contribution < -0.4 is 10.2 Å². The largest absolute Gasteiger partial charge is 0.483 e. The molecule has 4 nitrogen and oxygen atoms in total. The van der Waals surface area contributed by atoms with Gasteiger partial charge in [0.2, 0.25) is 0 Å². The molecule has 0 bridgehead atoms. The average molecular weight is 173 g/mol. The summed E-state index contributed by atoms with van der Waals surface area (Å²) >= 11 is 1.48. The van der Waals surface area contributed by atoms with Crippen LogP contribution in [0.25, 0.3) is 0 Å². The van der Waals surface area contributed by atoms with Gasteiger partial charge in [-0.15, -0.1) is 11.3 Å². The quantitative estimate of drug-likeness (QED) is 0.520. The lowest BCUT2D eigenvalue weighted by atomic mass is 10.6. The standard InChI is InChI=1S/C6H7NO3S/c8-6(7-9)3-10-5-1-2-11-4-5/h1-2,4,9H,3H2,(H,7,8). The summed E-state index contributed by atoms with van der Waals surface area (Å²) in [4.78, 5) is 10.4. The van der Waals surface area contributed by atoms with E-state index in [2.05, 4.69) is 0 Å². The van der Waals surface area contributed by atoms with Gasteiger partial charge < -0.3 is 4.74 Å². The number of amides is 1. The zero-order valence-electron chi connectivity index (χ0n) is 5.61. The molecule has 0 saturated carbocycles. The Labute approximate surface area is 67.4 Å². The molecule has 0 atom stereocenters. The van der Waals surface area contributed by atoms with Gasteiger partial charge in [-0.3, -0.25) is 10.0 Å². The van der Waals surface area contributed by atoms with Crippen LogP contribution >= 0.6 is 11.3 Å². The lowest BCUT2D eigenvalue weighted by Gasteiger charge is -1.99. The summed E-state index contributed by atoms with van der Waals surface area (Å²) in [6, 6.07) is 1.75. The molecule has 0 spiro atoms. The summed E-state index contributed by atoms with van der Waals surface area (Å²) in [5, 5.41) is 11.7. The van der Waals surface area contributed by atoms with Crippen LogP contribution in [0.15, 0.2) is 16.8 Å². The smallest absolute Gasteiger partial charge is 0.281 e. The van der Waals surface area contributed by atoms with Crippen LogP contribution in [0.3, 0.4) is 0 Å². The fourth-order valence-electron chi connectivity index (χ4n) is 0.515. The Morgan fingerprint density at radius 3 is 3.18 bits per heavy atom. The van der Waals surface area contributed by atoms with E-state index in [1.807, 2.05) is 5.38 Å². The van der Waals surface area contributed by atoms with E-state index in [9.17, 15) is 4.79 Å². The predicted octanol–water partition coefficient (Wildman–Crippen LogP) is 0.632. The van der Waals surface area contributed by atoms with Crippen LogP contribution in [-0.4, -0.2) is 17.7 Å². The van der Waals surface area contributed by atoms with Crippen molar-refractivity contribution in [3.8, 4) is 5.75 Å². The van der Waals surface area contributed by atoms with Crippen molar-refractivity contribution in [1.82, 2.24) is 5.48 Å². The minimum Gasteiger partial charge on any atom is -0.483 e. The lowest BCUT2D eigenvalue weighted by Crippen LogP contribution is -2.25. The summed E-state index contributed by atoms with van der Waals surface area (Å²) in [6.07, 6.45) is 0. The van der Waals surface area contributed by atoms with Gasteiger partial charge in [0.1, 0.15) is 5.75 Å². The molecule has 0 fully saturated rings. The summed E-state index contributed by atoms with van der Waals surface area (Å²) < 4.78 is 4.94. The normalized spacial score (nSPS) is 9.18. The SMILES string of the molecule is O=C(COc1ccsc1)NO. The summed E-state index contributed by atoms with van der Waals surface area (Å²) in [5.41, 5.74) is 1.47. The van der Waals surface area contributed by atoms with Gasteiger partial charge in [-0.25, -0.2) is 5.48 Å². The number of ether oxygens (including phenoxy) is 1. The van der Waals surface area contributed by atoms with Crippen LogP contribution in [-0.2, 0) is 4.79 Å². The van der Waals surface area contributed by atoms with E-state index in [4.69, 9.17) is 9.94 Å². The lowest BCUT2D eigenvalue weighted by molar-refractivity contribution is -0.131. The van der Waals surface area contributed by atoms with Crippen molar-refractivity contribution in [2.24, 2.45) is 0 Å². The van der Waals surface area contributed by atoms with Crippen molar-refractivity contribution in [3.63, 3.8) is 0 Å². The van der Waals surface area contributed by atoms with E-state index in [0.717, 1.165) is 0 Å². The fraction of sp³-hybridized carbons (Fsp3) is 0.167. The molecular formula is C6H7NO3S. The third-order valence-corrected chi connectivity index (χ3v) is 1.65. The van der Waals surface area contributed by atoms with Gasteiger partial charge in [0.25, 0.3) is 5.91 Å². The molecule has 0 unspecified atom stereocenters. The molecule has 1 rings (SSSR count). The number of thiophene rings is 1. The van der Waals surface area contributed by atoms with Gasteiger partial charge in [0.05, 0.1) is 0 Å². The maximum atomic E-state index is 10.4. The molecule has 0 aliphatic rings. The molecule has 0 aliphatic carbocycles. The predicted molar refractivity (Wildman–Crippen MR) is 39.7 cm³/mol. The van der Waals surface area contributed by atoms with E-state index >= 15 is 0 Å². The third-order valence-electron chi connectivity index (χ3n) is 0.990. The zero-order chi connectivity index (χ0) is 8.10. The Morgan fingerprint density at radius 1 is 1.82 bits per heavy atom. The van der Waals surface area contributed by atoms with Crippen molar-refractivity contribution < 1.29 is 14.7 Å². The van der Waals surface area contributed by atoms with Gasteiger partial charge in [-0.1, -0.05) is 0 Å². The van der Waals surface area contributed by atoms with Gasteiger partial charge in [-0.05, 0) is 11.4 Å². The van der Waals surface area contributed by atoms with Crippen LogP contribution in [0.4, 0.5) is 0 Å². The number of carbonyl (C=O) groups excluding carboxylic acids is 1. The molecule has 60 valence electrons. The van der Waals surface area contributed by atoms with Gasteiger partial charge in [0, 0.05) is 5.38 Å². The van der Waals surface area contributed by atoms with Crippen LogP contribution in [0, 0.1) is 0 Å². The molecule has 1 heterocycles. The van der Waals surface area contributed by atoms with Gasteiger partial charge in [-0.2, -0.15) is 0 Å². The number of hydroxylamine groups is 1. The van der Waals surface area contributed by atoms with Crippen LogP contribution in [0.2, 0.25) is 0 Å². The van der Waals surface area contributed by atoms with E-state index in [1.165, 1.54) is 16.8 Å². The summed E-state index contributed by atoms with van der Waals surface area (Å²) in [7, 11) is 0. The van der Waals surface area contributed by atoms with Gasteiger partial charge in [0.15, 0.2) is 6.61 Å². The molecular weight excluding hydrogens is 166 g/mol. The van der Waals surface area contributed by atoms with Crippen molar-refractivity contribution in [2.45, 2.75) is 0 Å². The summed E-state index contributed by atoms with van der Waals surface area (Å²) in [5.74, 6) is 0.0785. The second kappa shape index (κ2) is 3.95. The number of rotatable bonds is 3. The van der Waals surface area contributed by atoms with Gasteiger partial charge >= 0.3 is 0 Å². The molecule has 5 heteroatoms. The van der Waals surface area contributed by atoms with Crippen LogP contribution in [0.5, 0.6) is 5.75 Å².